The number of carboxylic acid groups (broad SMARTS) is 1. The predicted molar refractivity (Wildman–Crippen MR) is 70.9 cm³/mol. The average molecular weight is 277 g/mol. The highest BCUT2D eigenvalue weighted by Crippen LogP contribution is 2.38. The van der Waals surface area contributed by atoms with Gasteiger partial charge in [0.2, 0.25) is 0 Å². The van der Waals surface area contributed by atoms with Gasteiger partial charge in [0.15, 0.2) is 0 Å². The third-order valence-corrected chi connectivity index (χ3v) is 3.70. The van der Waals surface area contributed by atoms with E-state index in [1.54, 1.807) is 0 Å². The number of pyridine rings is 1. The third kappa shape index (κ3) is 2.56. The Kier molecular flexibility index (Phi) is 3.04. The van der Waals surface area contributed by atoms with Gasteiger partial charge in [0, 0.05) is 18.7 Å². The lowest BCUT2D eigenvalue weighted by Crippen LogP contribution is -2.30. The summed E-state index contributed by atoms with van der Waals surface area (Å²) in [5.74, 6) is -0.190. The zero-order valence-corrected chi connectivity index (χ0v) is 10.9. The van der Waals surface area contributed by atoms with Gasteiger partial charge in [0.25, 0.3) is 5.69 Å². The van der Waals surface area contributed by atoms with Crippen molar-refractivity contribution >= 4 is 17.5 Å². The molecule has 0 bridgehead atoms. The first kappa shape index (κ1) is 12.8. The normalized spacial score (nSPS) is 17.8. The second kappa shape index (κ2) is 4.73. The second-order valence-electron chi connectivity index (χ2n) is 5.45. The quantitative estimate of drug-likeness (QED) is 0.631. The van der Waals surface area contributed by atoms with Crippen LogP contribution >= 0.6 is 0 Å². The molecule has 7 nitrogen and oxygen atoms in total. The summed E-state index contributed by atoms with van der Waals surface area (Å²) in [6, 6.07) is 1.44. The molecule has 0 atom stereocenters. The van der Waals surface area contributed by atoms with Gasteiger partial charge < -0.3 is 10.0 Å². The van der Waals surface area contributed by atoms with Crippen molar-refractivity contribution in [2.45, 2.75) is 31.7 Å². The van der Waals surface area contributed by atoms with Crippen LogP contribution in [-0.4, -0.2) is 33.6 Å². The van der Waals surface area contributed by atoms with Crippen molar-refractivity contribution in [2.75, 3.05) is 11.4 Å². The van der Waals surface area contributed by atoms with Crippen molar-refractivity contribution in [3.63, 3.8) is 0 Å². The zero-order chi connectivity index (χ0) is 14.3. The fraction of sp³-hybridized carbons (Fsp3) is 0.538. The lowest BCUT2D eigenvalue weighted by molar-refractivity contribution is -0.385. The number of aromatic nitrogens is 1. The molecule has 3 rings (SSSR count). The Bertz CT molecular complexity index is 567. The van der Waals surface area contributed by atoms with E-state index in [0.717, 1.165) is 31.6 Å². The number of carbonyl (C=O) groups is 1. The minimum atomic E-state index is -1.17. The highest BCUT2D eigenvalue weighted by Gasteiger charge is 2.36. The molecule has 0 aromatic carbocycles. The van der Waals surface area contributed by atoms with E-state index < -0.39 is 10.9 Å². The van der Waals surface area contributed by atoms with E-state index in [1.165, 1.54) is 12.8 Å². The average Bonchev–Trinajstić information content (AvgIpc) is 3.26. The SMILES string of the molecule is O=C(O)c1cc([N+](=O)[O-])cnc1N(CC1CC1)C1CC1. The first-order valence-electron chi connectivity index (χ1n) is 6.70. The number of anilines is 1. The van der Waals surface area contributed by atoms with Gasteiger partial charge in [0.05, 0.1) is 4.92 Å². The maximum Gasteiger partial charge on any atom is 0.339 e. The monoisotopic (exact) mass is 277 g/mol. The van der Waals surface area contributed by atoms with Gasteiger partial charge >= 0.3 is 5.97 Å². The van der Waals surface area contributed by atoms with Gasteiger partial charge in [-0.25, -0.2) is 9.78 Å². The number of rotatable bonds is 6. The van der Waals surface area contributed by atoms with Crippen LogP contribution in [-0.2, 0) is 0 Å². The van der Waals surface area contributed by atoms with Crippen LogP contribution in [0.15, 0.2) is 12.3 Å². The summed E-state index contributed by atoms with van der Waals surface area (Å²) in [7, 11) is 0. The molecular weight excluding hydrogens is 262 g/mol. The molecule has 2 aliphatic rings. The van der Waals surface area contributed by atoms with Crippen molar-refractivity contribution in [1.29, 1.82) is 0 Å². The van der Waals surface area contributed by atoms with Crippen molar-refractivity contribution in [1.82, 2.24) is 4.98 Å². The summed E-state index contributed by atoms with van der Waals surface area (Å²) in [4.78, 5) is 27.6. The Balaban J connectivity index is 1.96. The number of nitrogens with zero attached hydrogens (tertiary/aromatic N) is 3. The van der Waals surface area contributed by atoms with Crippen LogP contribution in [0, 0.1) is 16.0 Å². The molecule has 2 fully saturated rings. The van der Waals surface area contributed by atoms with E-state index in [0.29, 0.717) is 17.8 Å². The van der Waals surface area contributed by atoms with E-state index in [2.05, 4.69) is 4.98 Å². The molecule has 0 spiro atoms. The Morgan fingerprint density at radius 2 is 2.15 bits per heavy atom. The van der Waals surface area contributed by atoms with Crippen molar-refractivity contribution < 1.29 is 14.8 Å². The zero-order valence-electron chi connectivity index (χ0n) is 10.9. The molecule has 0 unspecified atom stereocenters. The van der Waals surface area contributed by atoms with Gasteiger partial charge in [-0.2, -0.15) is 0 Å². The molecule has 1 heterocycles. The summed E-state index contributed by atoms with van der Waals surface area (Å²) in [5, 5.41) is 20.0. The van der Waals surface area contributed by atoms with Crippen molar-refractivity contribution in [3.05, 3.63) is 27.9 Å². The number of nitro groups is 1. The maximum atomic E-state index is 11.4. The molecule has 20 heavy (non-hydrogen) atoms. The number of carboxylic acids is 1. The Hall–Kier alpha value is -2.18. The summed E-state index contributed by atoms with van der Waals surface area (Å²) >= 11 is 0. The fourth-order valence-corrected chi connectivity index (χ4v) is 2.31. The smallest absolute Gasteiger partial charge is 0.339 e. The summed E-state index contributed by atoms with van der Waals surface area (Å²) in [6.45, 7) is 0.801. The van der Waals surface area contributed by atoms with Crippen LogP contribution in [0.3, 0.4) is 0 Å². The molecule has 1 aromatic rings. The van der Waals surface area contributed by atoms with Crippen molar-refractivity contribution in [3.8, 4) is 0 Å². The molecule has 1 aromatic heterocycles. The molecule has 0 radical (unpaired) electrons. The van der Waals surface area contributed by atoms with Crippen LogP contribution in [0.1, 0.15) is 36.0 Å². The highest BCUT2D eigenvalue weighted by molar-refractivity contribution is 5.94. The molecule has 7 heteroatoms. The minimum Gasteiger partial charge on any atom is -0.478 e. The number of aromatic carboxylic acids is 1. The van der Waals surface area contributed by atoms with Gasteiger partial charge in [-0.15, -0.1) is 0 Å². The summed E-state index contributed by atoms with van der Waals surface area (Å²) in [6.07, 6.45) is 5.54. The van der Waals surface area contributed by atoms with E-state index in [-0.39, 0.29) is 11.3 Å². The highest BCUT2D eigenvalue weighted by atomic mass is 16.6. The molecule has 106 valence electrons. The van der Waals surface area contributed by atoms with Gasteiger partial charge in [0.1, 0.15) is 17.6 Å². The second-order valence-corrected chi connectivity index (χ2v) is 5.45. The van der Waals surface area contributed by atoms with Crippen LogP contribution in [0.2, 0.25) is 0 Å². The largest absolute Gasteiger partial charge is 0.478 e. The van der Waals surface area contributed by atoms with Gasteiger partial charge in [-0.3, -0.25) is 10.1 Å². The molecule has 2 aliphatic carbocycles. The Labute approximate surface area is 115 Å². The van der Waals surface area contributed by atoms with Crippen molar-refractivity contribution in [2.24, 2.45) is 5.92 Å². The van der Waals surface area contributed by atoms with Crippen LogP contribution in [0.5, 0.6) is 0 Å². The minimum absolute atomic E-state index is 0.0771. The van der Waals surface area contributed by atoms with Crippen LogP contribution in [0.4, 0.5) is 11.5 Å². The molecule has 0 amide bonds. The van der Waals surface area contributed by atoms with Gasteiger partial charge in [-0.05, 0) is 31.6 Å². The van der Waals surface area contributed by atoms with E-state index in [1.807, 2.05) is 4.90 Å². The van der Waals surface area contributed by atoms with Crippen LogP contribution in [0.25, 0.3) is 0 Å². The summed E-state index contributed by atoms with van der Waals surface area (Å²) < 4.78 is 0. The third-order valence-electron chi connectivity index (χ3n) is 3.70. The molecule has 1 N–H and O–H groups in total. The predicted octanol–water partition coefficient (Wildman–Crippen LogP) is 2.07. The fourth-order valence-electron chi connectivity index (χ4n) is 2.31. The number of hydrogen-bond acceptors (Lipinski definition) is 5. The molecule has 0 aliphatic heterocycles. The first-order valence-corrected chi connectivity index (χ1v) is 6.70. The van der Waals surface area contributed by atoms with E-state index in [4.69, 9.17) is 0 Å². The standard InChI is InChI=1S/C13H15N3O4/c17-13(18)11-5-10(16(19)20)6-14-12(11)15(9-3-4-9)7-8-1-2-8/h5-6,8-9H,1-4,7H2,(H,17,18). The Morgan fingerprint density at radius 3 is 2.65 bits per heavy atom. The lowest BCUT2D eigenvalue weighted by Gasteiger charge is -2.24. The van der Waals surface area contributed by atoms with Crippen LogP contribution < -0.4 is 4.90 Å². The first-order chi connectivity index (χ1) is 9.56. The Morgan fingerprint density at radius 1 is 1.45 bits per heavy atom. The van der Waals surface area contributed by atoms with E-state index in [9.17, 15) is 20.0 Å². The maximum absolute atomic E-state index is 11.4. The number of hydrogen-bond donors (Lipinski definition) is 1. The van der Waals surface area contributed by atoms with E-state index >= 15 is 0 Å². The summed E-state index contributed by atoms with van der Waals surface area (Å²) in [5.41, 5.74) is -0.361. The lowest BCUT2D eigenvalue weighted by atomic mass is 10.2. The molecule has 0 saturated heterocycles. The molecule has 2 saturated carbocycles. The topological polar surface area (TPSA) is 96.6 Å². The van der Waals surface area contributed by atoms with Gasteiger partial charge in [-0.1, -0.05) is 0 Å². The molecular formula is C13H15N3O4.